The van der Waals surface area contributed by atoms with Crippen LogP contribution < -0.4 is 5.32 Å². The number of halogens is 2. The molecule has 2 atom stereocenters. The summed E-state index contributed by atoms with van der Waals surface area (Å²) in [5.74, 6) is -0.377. The molecule has 1 aliphatic rings. The lowest BCUT2D eigenvalue weighted by atomic mass is 9.85. The van der Waals surface area contributed by atoms with Crippen molar-refractivity contribution in [3.8, 4) is 0 Å². The zero-order chi connectivity index (χ0) is 20.4. The summed E-state index contributed by atoms with van der Waals surface area (Å²) in [5, 5.41) is 4.78. The Morgan fingerprint density at radius 1 is 1.17 bits per heavy atom. The van der Waals surface area contributed by atoms with Gasteiger partial charge in [0, 0.05) is 17.6 Å². The summed E-state index contributed by atoms with van der Waals surface area (Å²) in [6.07, 6.45) is 6.60. The van der Waals surface area contributed by atoms with Crippen LogP contribution in [0, 0.1) is 11.7 Å². The van der Waals surface area contributed by atoms with Gasteiger partial charge in [0.25, 0.3) is 5.91 Å². The van der Waals surface area contributed by atoms with Crippen LogP contribution in [0.1, 0.15) is 54.1 Å². The van der Waals surface area contributed by atoms with Gasteiger partial charge in [-0.1, -0.05) is 61.7 Å². The van der Waals surface area contributed by atoms with Crippen LogP contribution in [-0.2, 0) is 6.42 Å². The van der Waals surface area contributed by atoms with Crippen molar-refractivity contribution in [1.29, 1.82) is 0 Å². The third kappa shape index (κ3) is 4.27. The number of pyridine rings is 1. The fourth-order valence-electron chi connectivity index (χ4n) is 4.23. The van der Waals surface area contributed by atoms with E-state index in [1.54, 1.807) is 30.5 Å². The SMILES string of the molecule is C[C@@H]1CCCC[C@@H]1NC(=O)c1cc(Cc2ccc(Cl)nc2)c2ccccc2c1F. The van der Waals surface area contributed by atoms with Crippen LogP contribution in [0.25, 0.3) is 10.8 Å². The molecule has 3 aromatic rings. The van der Waals surface area contributed by atoms with E-state index in [9.17, 15) is 4.79 Å². The lowest BCUT2D eigenvalue weighted by Gasteiger charge is -2.29. The van der Waals surface area contributed by atoms with Gasteiger partial charge in [-0.3, -0.25) is 4.79 Å². The second-order valence-electron chi connectivity index (χ2n) is 7.95. The van der Waals surface area contributed by atoms with Crippen LogP contribution >= 0.6 is 11.6 Å². The zero-order valence-corrected chi connectivity index (χ0v) is 17.2. The third-order valence-electron chi connectivity index (χ3n) is 5.92. The minimum Gasteiger partial charge on any atom is -0.349 e. The number of carbonyl (C=O) groups is 1. The molecule has 1 saturated carbocycles. The Balaban J connectivity index is 1.71. The number of aromatic nitrogens is 1. The maximum atomic E-state index is 15.3. The third-order valence-corrected chi connectivity index (χ3v) is 6.14. The van der Waals surface area contributed by atoms with E-state index in [-0.39, 0.29) is 17.5 Å². The lowest BCUT2D eigenvalue weighted by molar-refractivity contribution is 0.0906. The number of amides is 1. The molecule has 29 heavy (non-hydrogen) atoms. The van der Waals surface area contributed by atoms with Gasteiger partial charge in [0.1, 0.15) is 11.0 Å². The van der Waals surface area contributed by atoms with Crippen molar-refractivity contribution >= 4 is 28.3 Å². The van der Waals surface area contributed by atoms with Crippen LogP contribution in [0.5, 0.6) is 0 Å². The van der Waals surface area contributed by atoms with Gasteiger partial charge >= 0.3 is 0 Å². The van der Waals surface area contributed by atoms with Gasteiger partial charge in [0.2, 0.25) is 0 Å². The molecule has 0 saturated heterocycles. The van der Waals surface area contributed by atoms with Crippen molar-refractivity contribution in [2.24, 2.45) is 5.92 Å². The Bertz CT molecular complexity index is 1030. The maximum Gasteiger partial charge on any atom is 0.254 e. The van der Waals surface area contributed by atoms with Gasteiger partial charge in [-0.25, -0.2) is 9.37 Å². The normalized spacial score (nSPS) is 19.3. The quantitative estimate of drug-likeness (QED) is 0.542. The first-order chi connectivity index (χ1) is 14.0. The standard InChI is InChI=1S/C24H24ClFN2O/c1-15-6-2-5-9-21(15)28-24(29)20-13-17(12-16-10-11-22(25)27-14-16)18-7-3-4-8-19(18)23(20)26/h3-4,7-8,10-11,13-15,21H,2,5-6,9,12H2,1H3,(H,28,29)/t15-,21+/m1/s1. The highest BCUT2D eigenvalue weighted by Gasteiger charge is 2.25. The van der Waals surface area contributed by atoms with Gasteiger partial charge in [-0.2, -0.15) is 0 Å². The largest absolute Gasteiger partial charge is 0.349 e. The summed E-state index contributed by atoms with van der Waals surface area (Å²) < 4.78 is 15.3. The maximum absolute atomic E-state index is 15.3. The first-order valence-electron chi connectivity index (χ1n) is 10.1. The van der Waals surface area contributed by atoms with E-state index in [0.29, 0.717) is 22.9 Å². The van der Waals surface area contributed by atoms with Crippen LogP contribution in [0.4, 0.5) is 4.39 Å². The first kappa shape index (κ1) is 19.8. The molecule has 5 heteroatoms. The van der Waals surface area contributed by atoms with E-state index >= 15 is 4.39 Å². The fourth-order valence-corrected chi connectivity index (χ4v) is 4.35. The average molecular weight is 411 g/mol. The Labute approximate surface area is 175 Å². The number of hydrogen-bond donors (Lipinski definition) is 1. The van der Waals surface area contributed by atoms with Crippen molar-refractivity contribution in [1.82, 2.24) is 10.3 Å². The molecule has 1 aromatic heterocycles. The molecule has 0 aliphatic heterocycles. The number of benzene rings is 2. The summed E-state index contributed by atoms with van der Waals surface area (Å²) >= 11 is 5.89. The van der Waals surface area contributed by atoms with Gasteiger partial charge in [0.05, 0.1) is 5.56 Å². The number of carbonyl (C=O) groups excluding carboxylic acids is 1. The summed E-state index contributed by atoms with van der Waals surface area (Å²) in [6, 6.07) is 12.7. The Kier molecular flexibility index (Phi) is 5.81. The van der Waals surface area contributed by atoms with E-state index in [4.69, 9.17) is 11.6 Å². The monoisotopic (exact) mass is 410 g/mol. The Morgan fingerprint density at radius 3 is 2.66 bits per heavy atom. The molecule has 4 rings (SSSR count). The molecule has 1 aliphatic carbocycles. The molecule has 2 aromatic carbocycles. The highest BCUT2D eigenvalue weighted by molar-refractivity contribution is 6.29. The summed E-state index contributed by atoms with van der Waals surface area (Å²) in [6.45, 7) is 2.15. The Hall–Kier alpha value is -2.46. The van der Waals surface area contributed by atoms with Crippen molar-refractivity contribution in [2.45, 2.75) is 45.1 Å². The van der Waals surface area contributed by atoms with E-state index in [0.717, 1.165) is 35.8 Å². The smallest absolute Gasteiger partial charge is 0.254 e. The van der Waals surface area contributed by atoms with Gasteiger partial charge in [-0.15, -0.1) is 0 Å². The van der Waals surface area contributed by atoms with Gasteiger partial charge < -0.3 is 5.32 Å². The molecule has 0 radical (unpaired) electrons. The van der Waals surface area contributed by atoms with Gasteiger partial charge in [-0.05, 0) is 53.8 Å². The highest BCUT2D eigenvalue weighted by atomic mass is 35.5. The van der Waals surface area contributed by atoms with Crippen LogP contribution in [0.3, 0.4) is 0 Å². The van der Waals surface area contributed by atoms with E-state index in [1.807, 2.05) is 18.2 Å². The van der Waals surface area contributed by atoms with Gasteiger partial charge in [0.15, 0.2) is 0 Å². The Morgan fingerprint density at radius 2 is 1.93 bits per heavy atom. The predicted molar refractivity (Wildman–Crippen MR) is 115 cm³/mol. The van der Waals surface area contributed by atoms with Crippen molar-refractivity contribution in [2.75, 3.05) is 0 Å². The van der Waals surface area contributed by atoms with Crippen molar-refractivity contribution in [3.05, 3.63) is 76.3 Å². The van der Waals surface area contributed by atoms with Crippen molar-refractivity contribution in [3.63, 3.8) is 0 Å². The molecule has 1 fully saturated rings. The number of rotatable bonds is 4. The fraction of sp³-hybridized carbons (Fsp3) is 0.333. The predicted octanol–water partition coefficient (Wildman–Crippen LogP) is 5.93. The summed E-state index contributed by atoms with van der Waals surface area (Å²) in [5.41, 5.74) is 1.96. The summed E-state index contributed by atoms with van der Waals surface area (Å²) in [7, 11) is 0. The molecule has 0 bridgehead atoms. The topological polar surface area (TPSA) is 42.0 Å². The lowest BCUT2D eigenvalue weighted by Crippen LogP contribution is -2.41. The molecule has 1 amide bonds. The highest BCUT2D eigenvalue weighted by Crippen LogP contribution is 2.29. The molecule has 1 heterocycles. The number of fused-ring (bicyclic) bond motifs is 1. The molecule has 0 unspecified atom stereocenters. The minimum absolute atomic E-state index is 0.103. The molecule has 0 spiro atoms. The van der Waals surface area contributed by atoms with E-state index in [1.165, 1.54) is 6.42 Å². The molecule has 1 N–H and O–H groups in total. The molecule has 3 nitrogen and oxygen atoms in total. The number of hydrogen-bond acceptors (Lipinski definition) is 2. The van der Waals surface area contributed by atoms with E-state index in [2.05, 4.69) is 17.2 Å². The molecular weight excluding hydrogens is 387 g/mol. The van der Waals surface area contributed by atoms with E-state index < -0.39 is 5.82 Å². The summed E-state index contributed by atoms with van der Waals surface area (Å²) in [4.78, 5) is 17.1. The average Bonchev–Trinajstić information content (AvgIpc) is 2.73. The first-order valence-corrected chi connectivity index (χ1v) is 10.5. The van der Waals surface area contributed by atoms with Crippen LogP contribution in [0.2, 0.25) is 5.15 Å². The second kappa shape index (κ2) is 8.50. The number of nitrogens with one attached hydrogen (secondary N) is 1. The van der Waals surface area contributed by atoms with Crippen molar-refractivity contribution < 1.29 is 9.18 Å². The second-order valence-corrected chi connectivity index (χ2v) is 8.34. The molecular formula is C24H24ClFN2O. The molecule has 150 valence electrons. The number of nitrogens with zero attached hydrogens (tertiary/aromatic N) is 1. The zero-order valence-electron chi connectivity index (χ0n) is 16.4. The van der Waals surface area contributed by atoms with Crippen LogP contribution in [-0.4, -0.2) is 16.9 Å². The van der Waals surface area contributed by atoms with Crippen LogP contribution in [0.15, 0.2) is 48.7 Å². The minimum atomic E-state index is -0.459.